The quantitative estimate of drug-likeness (QED) is 0.289. The Morgan fingerprint density at radius 1 is 1.09 bits per heavy atom. The van der Waals surface area contributed by atoms with Crippen molar-refractivity contribution in [2.75, 3.05) is 6.61 Å². The Kier molecular flexibility index (Phi) is 6.09. The first-order chi connectivity index (χ1) is 15.3. The lowest BCUT2D eigenvalue weighted by molar-refractivity contribution is -0.137. The van der Waals surface area contributed by atoms with E-state index in [0.717, 1.165) is 40.9 Å². The number of aryl methyl sites for hydroxylation is 1. The van der Waals surface area contributed by atoms with E-state index in [1.165, 1.54) is 0 Å². The zero-order chi connectivity index (χ0) is 22.7. The summed E-state index contributed by atoms with van der Waals surface area (Å²) in [6, 6.07) is 11.1. The molecule has 2 aromatic carbocycles. The summed E-state index contributed by atoms with van der Waals surface area (Å²) in [4.78, 5) is 16.3. The SMILES string of the molecule is O=C(OCCCc1cn(-c2ccnc3cc(Cl)ccc23)nn1)c1ccc(C(F)(F)F)cc1. The molecule has 2 aromatic heterocycles. The van der Waals surface area contributed by atoms with Crippen LogP contribution in [-0.4, -0.2) is 32.6 Å². The molecule has 0 atom stereocenters. The van der Waals surface area contributed by atoms with E-state index in [1.807, 2.05) is 12.1 Å². The molecule has 2 heterocycles. The molecule has 0 fully saturated rings. The van der Waals surface area contributed by atoms with E-state index in [0.29, 0.717) is 23.6 Å². The van der Waals surface area contributed by atoms with E-state index in [2.05, 4.69) is 15.3 Å². The molecular weight excluding hydrogens is 445 g/mol. The molecule has 0 unspecified atom stereocenters. The summed E-state index contributed by atoms with van der Waals surface area (Å²) in [6.07, 6.45) is -0.0144. The monoisotopic (exact) mass is 460 g/mol. The van der Waals surface area contributed by atoms with Gasteiger partial charge in [0.2, 0.25) is 0 Å². The van der Waals surface area contributed by atoms with E-state index >= 15 is 0 Å². The third-order valence-electron chi connectivity index (χ3n) is 4.73. The Morgan fingerprint density at radius 3 is 2.62 bits per heavy atom. The van der Waals surface area contributed by atoms with E-state index in [1.54, 1.807) is 29.2 Å². The van der Waals surface area contributed by atoms with Crippen molar-refractivity contribution in [3.8, 4) is 5.69 Å². The van der Waals surface area contributed by atoms with Crippen LogP contribution in [-0.2, 0) is 17.3 Å². The van der Waals surface area contributed by atoms with Gasteiger partial charge >= 0.3 is 12.1 Å². The summed E-state index contributed by atoms with van der Waals surface area (Å²) in [5, 5.41) is 9.76. The van der Waals surface area contributed by atoms with E-state index in [9.17, 15) is 18.0 Å². The van der Waals surface area contributed by atoms with E-state index in [4.69, 9.17) is 16.3 Å². The fraction of sp³-hybridized carbons (Fsp3) is 0.182. The predicted molar refractivity (Wildman–Crippen MR) is 112 cm³/mol. The number of rotatable bonds is 6. The van der Waals surface area contributed by atoms with Crippen molar-refractivity contribution in [1.29, 1.82) is 0 Å². The molecular formula is C22H16ClF3N4O2. The number of nitrogens with zero attached hydrogens (tertiary/aromatic N) is 4. The average molecular weight is 461 g/mol. The number of pyridine rings is 1. The van der Waals surface area contributed by atoms with Gasteiger partial charge in [-0.25, -0.2) is 9.48 Å². The molecule has 164 valence electrons. The molecule has 0 bridgehead atoms. The first kappa shape index (κ1) is 21.8. The third kappa shape index (κ3) is 4.88. The number of alkyl halides is 3. The number of aromatic nitrogens is 4. The second kappa shape index (κ2) is 8.96. The number of halogens is 4. The highest BCUT2D eigenvalue weighted by atomic mass is 35.5. The highest BCUT2D eigenvalue weighted by Gasteiger charge is 2.30. The van der Waals surface area contributed by atoms with Crippen LogP contribution in [0.2, 0.25) is 5.02 Å². The van der Waals surface area contributed by atoms with E-state index < -0.39 is 17.7 Å². The number of esters is 1. The van der Waals surface area contributed by atoms with Crippen molar-refractivity contribution in [3.63, 3.8) is 0 Å². The first-order valence-corrected chi connectivity index (χ1v) is 9.99. The van der Waals surface area contributed by atoms with Crippen LogP contribution in [0, 0.1) is 0 Å². The van der Waals surface area contributed by atoms with Crippen LogP contribution in [0.3, 0.4) is 0 Å². The van der Waals surface area contributed by atoms with Crippen molar-refractivity contribution in [1.82, 2.24) is 20.0 Å². The van der Waals surface area contributed by atoms with Gasteiger partial charge < -0.3 is 4.74 Å². The lowest BCUT2D eigenvalue weighted by atomic mass is 10.1. The first-order valence-electron chi connectivity index (χ1n) is 9.61. The largest absolute Gasteiger partial charge is 0.462 e. The lowest BCUT2D eigenvalue weighted by Crippen LogP contribution is -2.09. The Hall–Kier alpha value is -3.46. The molecule has 0 N–H and O–H groups in total. The summed E-state index contributed by atoms with van der Waals surface area (Å²) in [6.45, 7) is 0.101. The van der Waals surface area contributed by atoms with Crippen LogP contribution < -0.4 is 0 Å². The van der Waals surface area contributed by atoms with Gasteiger partial charge in [-0.2, -0.15) is 13.2 Å². The van der Waals surface area contributed by atoms with Gasteiger partial charge in [-0.05, 0) is 61.4 Å². The minimum absolute atomic E-state index is 0.0635. The molecule has 0 radical (unpaired) electrons. The minimum atomic E-state index is -4.45. The second-order valence-electron chi connectivity index (χ2n) is 6.96. The van der Waals surface area contributed by atoms with Gasteiger partial charge in [0.15, 0.2) is 0 Å². The van der Waals surface area contributed by atoms with Crippen molar-refractivity contribution >= 4 is 28.5 Å². The average Bonchev–Trinajstić information content (AvgIpc) is 3.24. The Balaban J connectivity index is 1.33. The van der Waals surface area contributed by atoms with Gasteiger partial charge in [-0.1, -0.05) is 16.8 Å². The van der Waals surface area contributed by atoms with Crippen molar-refractivity contribution in [3.05, 3.63) is 82.8 Å². The molecule has 0 aliphatic carbocycles. The molecule has 0 spiro atoms. The second-order valence-corrected chi connectivity index (χ2v) is 7.40. The normalized spacial score (nSPS) is 11.6. The molecule has 0 aliphatic heterocycles. The number of hydrogen-bond acceptors (Lipinski definition) is 5. The number of carbonyl (C=O) groups is 1. The number of benzene rings is 2. The maximum absolute atomic E-state index is 12.6. The molecule has 6 nitrogen and oxygen atoms in total. The molecule has 0 aliphatic rings. The molecule has 10 heteroatoms. The molecule has 0 saturated heterocycles. The fourth-order valence-electron chi connectivity index (χ4n) is 3.13. The maximum atomic E-state index is 12.6. The van der Waals surface area contributed by atoms with Gasteiger partial charge in [-0.15, -0.1) is 5.10 Å². The number of ether oxygens (including phenoxy) is 1. The van der Waals surface area contributed by atoms with Gasteiger partial charge in [-0.3, -0.25) is 4.98 Å². The van der Waals surface area contributed by atoms with Crippen LogP contribution in [0.25, 0.3) is 16.6 Å². The summed E-state index contributed by atoms with van der Waals surface area (Å²) in [5.41, 5.74) is 1.49. The van der Waals surface area contributed by atoms with Gasteiger partial charge in [0.25, 0.3) is 0 Å². The highest BCUT2D eigenvalue weighted by molar-refractivity contribution is 6.31. The summed E-state index contributed by atoms with van der Waals surface area (Å²) in [7, 11) is 0. The Bertz CT molecular complexity index is 1260. The van der Waals surface area contributed by atoms with Gasteiger partial charge in [0.1, 0.15) is 0 Å². The van der Waals surface area contributed by atoms with Crippen LogP contribution in [0.4, 0.5) is 13.2 Å². The molecule has 32 heavy (non-hydrogen) atoms. The predicted octanol–water partition coefficient (Wildman–Crippen LogP) is 5.28. The minimum Gasteiger partial charge on any atom is -0.462 e. The highest BCUT2D eigenvalue weighted by Crippen LogP contribution is 2.29. The molecule has 4 aromatic rings. The van der Waals surface area contributed by atoms with Crippen molar-refractivity contribution in [2.45, 2.75) is 19.0 Å². The zero-order valence-electron chi connectivity index (χ0n) is 16.5. The fourth-order valence-corrected chi connectivity index (χ4v) is 3.30. The molecule has 0 saturated carbocycles. The van der Waals surface area contributed by atoms with Crippen LogP contribution in [0.5, 0.6) is 0 Å². The lowest BCUT2D eigenvalue weighted by Gasteiger charge is -2.08. The Labute approximate surface area is 185 Å². The smallest absolute Gasteiger partial charge is 0.416 e. The van der Waals surface area contributed by atoms with Crippen LogP contribution in [0.1, 0.15) is 28.0 Å². The standard InChI is InChI=1S/C22H16ClF3N4O2/c23-16-7-8-18-19(12-16)27-10-9-20(18)30-13-17(28-29-30)2-1-11-32-21(31)14-3-5-15(6-4-14)22(24,25)26/h3-10,12-13H,1-2,11H2. The van der Waals surface area contributed by atoms with Crippen molar-refractivity contribution < 1.29 is 22.7 Å². The number of carbonyl (C=O) groups excluding carboxylic acids is 1. The maximum Gasteiger partial charge on any atom is 0.416 e. The molecule has 0 amide bonds. The van der Waals surface area contributed by atoms with E-state index in [-0.39, 0.29) is 12.2 Å². The Morgan fingerprint density at radius 2 is 1.88 bits per heavy atom. The molecule has 4 rings (SSSR count). The summed E-state index contributed by atoms with van der Waals surface area (Å²) >= 11 is 6.02. The van der Waals surface area contributed by atoms with Crippen LogP contribution >= 0.6 is 11.6 Å². The van der Waals surface area contributed by atoms with Crippen LogP contribution in [0.15, 0.2) is 60.9 Å². The summed E-state index contributed by atoms with van der Waals surface area (Å²) in [5.74, 6) is -0.677. The van der Waals surface area contributed by atoms with Crippen molar-refractivity contribution in [2.24, 2.45) is 0 Å². The van der Waals surface area contributed by atoms with Gasteiger partial charge in [0, 0.05) is 16.6 Å². The number of fused-ring (bicyclic) bond motifs is 1. The van der Waals surface area contributed by atoms with Gasteiger partial charge in [0.05, 0.1) is 40.8 Å². The topological polar surface area (TPSA) is 69.9 Å². The number of hydrogen-bond donors (Lipinski definition) is 0. The summed E-state index contributed by atoms with van der Waals surface area (Å²) < 4.78 is 44.6. The zero-order valence-corrected chi connectivity index (χ0v) is 17.3. The third-order valence-corrected chi connectivity index (χ3v) is 4.96.